The third kappa shape index (κ3) is 5.51. The molecule has 0 atom stereocenters. The van der Waals surface area contributed by atoms with Crippen LogP contribution >= 0.6 is 0 Å². The number of carbonyl (C=O) groups excluding carboxylic acids is 1. The minimum absolute atomic E-state index is 0.117. The van der Waals surface area contributed by atoms with Crippen LogP contribution in [0.3, 0.4) is 0 Å². The summed E-state index contributed by atoms with van der Waals surface area (Å²) in [6.07, 6.45) is -6.84. The maximum Gasteiger partial charge on any atom is 0.437 e. The maximum absolute atomic E-state index is 12.3. The molecule has 0 bridgehead atoms. The highest BCUT2D eigenvalue weighted by molar-refractivity contribution is 5.81. The molecule has 9 heteroatoms. The van der Waals surface area contributed by atoms with Gasteiger partial charge in [-0.2, -0.15) is 26.3 Å². The third-order valence-electron chi connectivity index (χ3n) is 2.90. The van der Waals surface area contributed by atoms with Crippen molar-refractivity contribution in [2.75, 3.05) is 6.61 Å². The molecule has 0 aliphatic heterocycles. The van der Waals surface area contributed by atoms with E-state index < -0.39 is 30.5 Å². The summed E-state index contributed by atoms with van der Waals surface area (Å²) in [6, 6.07) is 0. The molecule has 1 N–H and O–H groups in total. The van der Waals surface area contributed by atoms with Crippen LogP contribution in [0.5, 0.6) is 0 Å². The molecule has 130 valence electrons. The Bertz CT molecular complexity index is 348. The Labute approximate surface area is 123 Å². The Balaban J connectivity index is 4.31. The molecule has 0 aromatic heterocycles. The summed E-state index contributed by atoms with van der Waals surface area (Å²) in [4.78, 5) is 11.0. The quantitative estimate of drug-likeness (QED) is 0.300. The summed E-state index contributed by atoms with van der Waals surface area (Å²) in [5.74, 6) is -2.75. The van der Waals surface area contributed by atoms with Crippen molar-refractivity contribution in [1.82, 2.24) is 0 Å². The lowest BCUT2D eigenvalue weighted by Gasteiger charge is -2.29. The Morgan fingerprint density at radius 2 is 1.41 bits per heavy atom. The fourth-order valence-electron chi connectivity index (χ4n) is 1.58. The van der Waals surface area contributed by atoms with E-state index in [1.54, 1.807) is 6.08 Å². The zero-order chi connectivity index (χ0) is 17.4. The first kappa shape index (κ1) is 20.8. The molecule has 0 fully saturated rings. The van der Waals surface area contributed by atoms with Crippen molar-refractivity contribution < 1.29 is 41.0 Å². The number of ether oxygens (including phenoxy) is 1. The molecular weight excluding hydrogens is 318 g/mol. The maximum atomic E-state index is 12.3. The number of hydrogen-bond donors (Lipinski definition) is 1. The molecule has 0 saturated carbocycles. The van der Waals surface area contributed by atoms with Crippen LogP contribution in [0.2, 0.25) is 0 Å². The van der Waals surface area contributed by atoms with E-state index in [4.69, 9.17) is 5.11 Å². The van der Waals surface area contributed by atoms with Crippen LogP contribution in [-0.4, -0.2) is 35.6 Å². The minimum Gasteiger partial charge on any atom is -0.463 e. The fourth-order valence-corrected chi connectivity index (χ4v) is 1.58. The Hall–Kier alpha value is -1.25. The van der Waals surface area contributed by atoms with Crippen LogP contribution in [0.1, 0.15) is 38.5 Å². The normalized spacial score (nSPS) is 13.0. The predicted octanol–water partition coefficient (Wildman–Crippen LogP) is 3.91. The highest BCUT2D eigenvalue weighted by Crippen LogP contribution is 2.43. The number of halogens is 6. The molecule has 0 saturated heterocycles. The summed E-state index contributed by atoms with van der Waals surface area (Å²) >= 11 is 0. The standard InChI is InChI=1S/C13H18F6O3/c1-2-3-4-5-6-7-8-9-22-10(20)11(21,12(14,15)16)13(17,18)19/h2,21H,1,3-9H2. The first-order valence-corrected chi connectivity index (χ1v) is 6.62. The topological polar surface area (TPSA) is 46.5 Å². The van der Waals surface area contributed by atoms with Gasteiger partial charge in [0.15, 0.2) is 0 Å². The first-order chi connectivity index (χ1) is 9.98. The first-order valence-electron chi connectivity index (χ1n) is 6.62. The second-order valence-corrected chi connectivity index (χ2v) is 4.69. The van der Waals surface area contributed by atoms with Crippen molar-refractivity contribution in [3.8, 4) is 0 Å². The van der Waals surface area contributed by atoms with E-state index in [9.17, 15) is 31.1 Å². The molecule has 0 heterocycles. The zero-order valence-corrected chi connectivity index (χ0v) is 11.8. The predicted molar refractivity (Wildman–Crippen MR) is 65.9 cm³/mol. The van der Waals surface area contributed by atoms with Gasteiger partial charge in [0.25, 0.3) is 0 Å². The van der Waals surface area contributed by atoms with Gasteiger partial charge in [0.2, 0.25) is 0 Å². The van der Waals surface area contributed by atoms with Gasteiger partial charge in [0.05, 0.1) is 6.61 Å². The van der Waals surface area contributed by atoms with Crippen molar-refractivity contribution in [3.05, 3.63) is 12.7 Å². The molecule has 3 nitrogen and oxygen atoms in total. The number of alkyl halides is 6. The molecule has 22 heavy (non-hydrogen) atoms. The number of allylic oxidation sites excluding steroid dienone is 1. The van der Waals surface area contributed by atoms with Crippen molar-refractivity contribution >= 4 is 5.97 Å². The van der Waals surface area contributed by atoms with E-state index in [0.717, 1.165) is 19.3 Å². The molecule has 0 aromatic carbocycles. The van der Waals surface area contributed by atoms with Gasteiger partial charge in [-0.15, -0.1) is 6.58 Å². The summed E-state index contributed by atoms with van der Waals surface area (Å²) in [6.45, 7) is 2.91. The van der Waals surface area contributed by atoms with Crippen molar-refractivity contribution in [2.45, 2.75) is 56.5 Å². The average molecular weight is 336 g/mol. The van der Waals surface area contributed by atoms with Crippen LogP contribution in [0.15, 0.2) is 12.7 Å². The highest BCUT2D eigenvalue weighted by Gasteiger charge is 2.76. The van der Waals surface area contributed by atoms with Crippen molar-refractivity contribution in [1.29, 1.82) is 0 Å². The van der Waals surface area contributed by atoms with E-state index in [1.165, 1.54) is 0 Å². The molecule has 0 rings (SSSR count). The van der Waals surface area contributed by atoms with Gasteiger partial charge >= 0.3 is 23.9 Å². The monoisotopic (exact) mass is 336 g/mol. The summed E-state index contributed by atoms with van der Waals surface area (Å²) in [5.41, 5.74) is -5.50. The molecule has 0 aliphatic rings. The Morgan fingerprint density at radius 3 is 1.86 bits per heavy atom. The Morgan fingerprint density at radius 1 is 0.955 bits per heavy atom. The lowest BCUT2D eigenvalue weighted by Crippen LogP contribution is -2.63. The van der Waals surface area contributed by atoms with Gasteiger partial charge in [-0.05, 0) is 19.3 Å². The number of aliphatic hydroxyl groups is 1. The van der Waals surface area contributed by atoms with Crippen molar-refractivity contribution in [2.24, 2.45) is 0 Å². The number of hydrogen-bond acceptors (Lipinski definition) is 3. The van der Waals surface area contributed by atoms with E-state index in [-0.39, 0.29) is 6.42 Å². The largest absolute Gasteiger partial charge is 0.463 e. The summed E-state index contributed by atoms with van der Waals surface area (Å²) in [5, 5.41) is 8.72. The average Bonchev–Trinajstić information content (AvgIpc) is 2.37. The van der Waals surface area contributed by atoms with E-state index in [2.05, 4.69) is 11.3 Å². The lowest BCUT2D eigenvalue weighted by molar-refractivity contribution is -0.356. The smallest absolute Gasteiger partial charge is 0.437 e. The Kier molecular flexibility index (Phi) is 7.92. The lowest BCUT2D eigenvalue weighted by atomic mass is 10.0. The molecule has 0 spiro atoms. The van der Waals surface area contributed by atoms with Crippen LogP contribution in [-0.2, 0) is 9.53 Å². The van der Waals surface area contributed by atoms with Crippen LogP contribution < -0.4 is 0 Å². The summed E-state index contributed by atoms with van der Waals surface area (Å²) < 4.78 is 77.9. The van der Waals surface area contributed by atoms with Crippen LogP contribution in [0.25, 0.3) is 0 Å². The second kappa shape index (κ2) is 8.40. The number of esters is 1. The highest BCUT2D eigenvalue weighted by atomic mass is 19.4. The van der Waals surface area contributed by atoms with E-state index in [0.29, 0.717) is 12.8 Å². The third-order valence-corrected chi connectivity index (χ3v) is 2.90. The van der Waals surface area contributed by atoms with E-state index >= 15 is 0 Å². The fraction of sp³-hybridized carbons (Fsp3) is 0.769. The van der Waals surface area contributed by atoms with Gasteiger partial charge in [0, 0.05) is 0 Å². The summed E-state index contributed by atoms with van der Waals surface area (Å²) in [7, 11) is 0. The van der Waals surface area contributed by atoms with Crippen LogP contribution in [0.4, 0.5) is 26.3 Å². The van der Waals surface area contributed by atoms with E-state index in [1.807, 2.05) is 0 Å². The molecular formula is C13H18F6O3. The number of rotatable bonds is 9. The molecule has 0 aromatic rings. The number of carbonyl (C=O) groups is 1. The minimum atomic E-state index is -6.20. The van der Waals surface area contributed by atoms with Crippen molar-refractivity contribution in [3.63, 3.8) is 0 Å². The van der Waals surface area contributed by atoms with Gasteiger partial charge < -0.3 is 9.84 Å². The zero-order valence-electron chi connectivity index (χ0n) is 11.8. The molecule has 0 amide bonds. The van der Waals surface area contributed by atoms with Gasteiger partial charge in [-0.1, -0.05) is 25.3 Å². The SMILES string of the molecule is C=CCCCCCCCOC(=O)C(O)(C(F)(F)F)C(F)(F)F. The molecule has 0 radical (unpaired) electrons. The van der Waals surface area contributed by atoms with Gasteiger partial charge in [0.1, 0.15) is 0 Å². The van der Waals surface area contributed by atoms with Gasteiger partial charge in [-0.25, -0.2) is 4.79 Å². The molecule has 0 unspecified atom stereocenters. The van der Waals surface area contributed by atoms with Gasteiger partial charge in [-0.3, -0.25) is 0 Å². The molecule has 0 aliphatic carbocycles. The van der Waals surface area contributed by atoms with Crippen LogP contribution in [0, 0.1) is 0 Å². The number of unbranched alkanes of at least 4 members (excludes halogenated alkanes) is 5. The second-order valence-electron chi connectivity index (χ2n) is 4.69.